The normalized spacial score (nSPS) is 10.2. The molecule has 0 amide bonds. The minimum atomic E-state index is 0.420. The van der Waals surface area contributed by atoms with Gasteiger partial charge in [-0.2, -0.15) is 11.8 Å². The van der Waals surface area contributed by atoms with Crippen LogP contribution in [0.4, 0.5) is 5.69 Å². The molecule has 0 aliphatic rings. The molecule has 17 heavy (non-hydrogen) atoms. The molecule has 0 heterocycles. The molecule has 0 atom stereocenters. The van der Waals surface area contributed by atoms with Gasteiger partial charge >= 0.3 is 0 Å². The fourth-order valence-corrected chi connectivity index (χ4v) is 2.82. The average Bonchev–Trinajstić information content (AvgIpc) is 2.28. The van der Waals surface area contributed by atoms with Crippen LogP contribution in [0.15, 0.2) is 22.7 Å². The number of hydrogen-bond donors (Lipinski definition) is 2. The summed E-state index contributed by atoms with van der Waals surface area (Å²) in [5, 5.41) is 3.39. The summed E-state index contributed by atoms with van der Waals surface area (Å²) < 4.78 is 0.944. The zero-order valence-corrected chi connectivity index (χ0v) is 13.1. The van der Waals surface area contributed by atoms with E-state index in [-0.39, 0.29) is 0 Å². The number of rotatable bonds is 7. The van der Waals surface area contributed by atoms with Crippen molar-refractivity contribution in [2.24, 2.45) is 5.73 Å². The van der Waals surface area contributed by atoms with E-state index < -0.39 is 0 Å². The van der Waals surface area contributed by atoms with E-state index in [0.717, 1.165) is 22.3 Å². The van der Waals surface area contributed by atoms with Gasteiger partial charge in [-0.1, -0.05) is 12.2 Å². The van der Waals surface area contributed by atoms with Crippen molar-refractivity contribution in [1.29, 1.82) is 0 Å². The fourth-order valence-electron chi connectivity index (χ4n) is 1.43. The van der Waals surface area contributed by atoms with E-state index in [1.165, 1.54) is 18.6 Å². The lowest BCUT2D eigenvalue weighted by Crippen LogP contribution is -2.10. The maximum absolute atomic E-state index is 5.60. The molecule has 0 aromatic heterocycles. The van der Waals surface area contributed by atoms with E-state index in [4.69, 9.17) is 18.0 Å². The minimum Gasteiger partial charge on any atom is -0.389 e. The first-order valence-corrected chi connectivity index (χ1v) is 8.07. The van der Waals surface area contributed by atoms with Gasteiger partial charge in [-0.15, -0.1) is 0 Å². The van der Waals surface area contributed by atoms with E-state index in [0.29, 0.717) is 4.99 Å². The molecule has 0 bridgehead atoms. The van der Waals surface area contributed by atoms with Gasteiger partial charge in [0, 0.05) is 22.3 Å². The zero-order valence-electron chi connectivity index (χ0n) is 9.83. The van der Waals surface area contributed by atoms with Crippen LogP contribution in [-0.4, -0.2) is 23.5 Å². The van der Waals surface area contributed by atoms with Gasteiger partial charge in [0.25, 0.3) is 0 Å². The van der Waals surface area contributed by atoms with Crippen molar-refractivity contribution in [3.05, 3.63) is 28.2 Å². The van der Waals surface area contributed by atoms with Crippen LogP contribution in [0.1, 0.15) is 18.4 Å². The smallest absolute Gasteiger partial charge is 0.105 e. The molecular weight excluding hydrogens is 316 g/mol. The van der Waals surface area contributed by atoms with Crippen LogP contribution in [0.25, 0.3) is 0 Å². The van der Waals surface area contributed by atoms with Crippen LogP contribution in [0.5, 0.6) is 0 Å². The number of anilines is 1. The number of nitrogens with one attached hydrogen (secondary N) is 1. The third-order valence-corrected chi connectivity index (χ3v) is 3.91. The van der Waals surface area contributed by atoms with E-state index in [1.54, 1.807) is 0 Å². The standard InChI is InChI=1S/C12H17BrN2S2/c1-17-7-3-2-6-15-9-4-5-10(12(14)16)11(13)8-9/h4-5,8,15H,2-3,6-7H2,1H3,(H2,14,16). The first-order chi connectivity index (χ1) is 8.15. The van der Waals surface area contributed by atoms with Crippen LogP contribution in [-0.2, 0) is 0 Å². The molecule has 5 heteroatoms. The Balaban J connectivity index is 2.45. The van der Waals surface area contributed by atoms with Crippen molar-refractivity contribution in [3.8, 4) is 0 Å². The lowest BCUT2D eigenvalue weighted by molar-refractivity contribution is 0.843. The highest BCUT2D eigenvalue weighted by atomic mass is 79.9. The second-order valence-corrected chi connectivity index (χ2v) is 5.97. The SMILES string of the molecule is CSCCCCNc1ccc(C(N)=S)c(Br)c1. The molecule has 0 saturated heterocycles. The molecule has 0 aliphatic carbocycles. The van der Waals surface area contributed by atoms with Crippen LogP contribution < -0.4 is 11.1 Å². The molecular formula is C12H17BrN2S2. The van der Waals surface area contributed by atoms with Gasteiger partial charge in [-0.05, 0) is 59.0 Å². The molecule has 0 radical (unpaired) electrons. The number of nitrogens with two attached hydrogens (primary N) is 1. The molecule has 0 saturated carbocycles. The highest BCUT2D eigenvalue weighted by Crippen LogP contribution is 2.21. The van der Waals surface area contributed by atoms with Gasteiger partial charge in [-0.25, -0.2) is 0 Å². The maximum Gasteiger partial charge on any atom is 0.105 e. The van der Waals surface area contributed by atoms with Gasteiger partial charge in [0.15, 0.2) is 0 Å². The molecule has 1 rings (SSSR count). The first-order valence-electron chi connectivity index (χ1n) is 5.47. The maximum atomic E-state index is 5.60. The van der Waals surface area contributed by atoms with Crippen LogP contribution >= 0.6 is 39.9 Å². The molecule has 1 aromatic rings. The summed E-state index contributed by atoms with van der Waals surface area (Å²) in [6, 6.07) is 5.97. The van der Waals surface area contributed by atoms with E-state index >= 15 is 0 Å². The lowest BCUT2D eigenvalue weighted by atomic mass is 10.2. The predicted octanol–water partition coefficient (Wildman–Crippen LogP) is 3.64. The summed E-state index contributed by atoms with van der Waals surface area (Å²) in [5.74, 6) is 1.23. The van der Waals surface area contributed by atoms with Crippen molar-refractivity contribution in [2.75, 3.05) is 23.9 Å². The summed E-state index contributed by atoms with van der Waals surface area (Å²) in [5.41, 5.74) is 7.58. The highest BCUT2D eigenvalue weighted by molar-refractivity contribution is 9.10. The Hall–Kier alpha value is -0.260. The number of benzene rings is 1. The molecule has 1 aromatic carbocycles. The summed E-state index contributed by atoms with van der Waals surface area (Å²) in [6.07, 6.45) is 4.58. The predicted molar refractivity (Wildman–Crippen MR) is 86.1 cm³/mol. The number of unbranched alkanes of at least 4 members (excludes halogenated alkanes) is 1. The van der Waals surface area contributed by atoms with Crippen molar-refractivity contribution >= 4 is 50.6 Å². The van der Waals surface area contributed by atoms with Gasteiger partial charge in [0.2, 0.25) is 0 Å². The second kappa shape index (κ2) is 7.95. The number of hydrogen-bond acceptors (Lipinski definition) is 3. The Morgan fingerprint density at radius 1 is 1.47 bits per heavy atom. The number of halogens is 1. The summed E-state index contributed by atoms with van der Waals surface area (Å²) in [6.45, 7) is 0.999. The Morgan fingerprint density at radius 2 is 2.24 bits per heavy atom. The zero-order chi connectivity index (χ0) is 12.7. The number of thioether (sulfide) groups is 1. The van der Waals surface area contributed by atoms with E-state index in [1.807, 2.05) is 30.0 Å². The molecule has 0 spiro atoms. The average molecular weight is 333 g/mol. The van der Waals surface area contributed by atoms with Crippen molar-refractivity contribution < 1.29 is 0 Å². The molecule has 0 fully saturated rings. The Kier molecular flexibility index (Phi) is 6.92. The Morgan fingerprint density at radius 3 is 2.82 bits per heavy atom. The third kappa shape index (κ3) is 5.27. The van der Waals surface area contributed by atoms with Crippen molar-refractivity contribution in [1.82, 2.24) is 0 Å². The van der Waals surface area contributed by atoms with Gasteiger partial charge < -0.3 is 11.1 Å². The topological polar surface area (TPSA) is 38.0 Å². The second-order valence-electron chi connectivity index (χ2n) is 3.69. The summed E-state index contributed by atoms with van der Waals surface area (Å²) in [4.78, 5) is 0.420. The molecule has 0 aliphatic heterocycles. The molecule has 3 N–H and O–H groups in total. The quantitative estimate of drug-likeness (QED) is 0.590. The van der Waals surface area contributed by atoms with Gasteiger partial charge in [0.1, 0.15) is 4.99 Å². The van der Waals surface area contributed by atoms with Gasteiger partial charge in [0.05, 0.1) is 0 Å². The van der Waals surface area contributed by atoms with E-state index in [9.17, 15) is 0 Å². The highest BCUT2D eigenvalue weighted by Gasteiger charge is 2.03. The van der Waals surface area contributed by atoms with Crippen molar-refractivity contribution in [2.45, 2.75) is 12.8 Å². The lowest BCUT2D eigenvalue weighted by Gasteiger charge is -2.08. The van der Waals surface area contributed by atoms with Crippen LogP contribution in [0.3, 0.4) is 0 Å². The molecule has 0 unspecified atom stereocenters. The molecule has 2 nitrogen and oxygen atoms in total. The number of thiocarbonyl (C=S) groups is 1. The Bertz CT molecular complexity index is 383. The first kappa shape index (κ1) is 14.8. The third-order valence-electron chi connectivity index (χ3n) is 2.34. The fraction of sp³-hybridized carbons (Fsp3) is 0.417. The Labute approximate surface area is 121 Å². The minimum absolute atomic E-state index is 0.420. The molecule has 94 valence electrons. The summed E-state index contributed by atoms with van der Waals surface area (Å²) >= 11 is 10.3. The van der Waals surface area contributed by atoms with E-state index in [2.05, 4.69) is 27.5 Å². The largest absolute Gasteiger partial charge is 0.389 e. The van der Waals surface area contributed by atoms with Crippen LogP contribution in [0.2, 0.25) is 0 Å². The van der Waals surface area contributed by atoms with Gasteiger partial charge in [-0.3, -0.25) is 0 Å². The summed E-state index contributed by atoms with van der Waals surface area (Å²) in [7, 11) is 0. The monoisotopic (exact) mass is 332 g/mol. The van der Waals surface area contributed by atoms with Crippen molar-refractivity contribution in [3.63, 3.8) is 0 Å². The van der Waals surface area contributed by atoms with Crippen LogP contribution in [0, 0.1) is 0 Å².